The summed E-state index contributed by atoms with van der Waals surface area (Å²) in [5.41, 5.74) is 0.140. The highest BCUT2D eigenvalue weighted by Crippen LogP contribution is 2.41. The topological polar surface area (TPSA) is 55.8 Å². The van der Waals surface area contributed by atoms with E-state index in [4.69, 9.17) is 9.47 Å². The Morgan fingerprint density at radius 1 is 1.08 bits per heavy atom. The van der Waals surface area contributed by atoms with Gasteiger partial charge in [-0.3, -0.25) is 4.79 Å². The summed E-state index contributed by atoms with van der Waals surface area (Å²) in [5, 5.41) is 0. The number of carbonyl (C=O) groups is 2. The van der Waals surface area contributed by atoms with Crippen molar-refractivity contribution in [2.75, 3.05) is 7.11 Å². The van der Waals surface area contributed by atoms with E-state index in [0.717, 1.165) is 12.8 Å². The summed E-state index contributed by atoms with van der Waals surface area (Å²) < 4.78 is 10.9. The summed E-state index contributed by atoms with van der Waals surface area (Å²) in [5.74, 6) is 0.681. The molecule has 0 saturated carbocycles. The first-order valence-corrected chi connectivity index (χ1v) is 8.98. The number of para-hydroxylation sites is 1. The fourth-order valence-corrected chi connectivity index (χ4v) is 4.07. The molecule has 0 aromatic heterocycles. The number of amides is 1. The minimum Gasteiger partial charge on any atom is -0.496 e. The van der Waals surface area contributed by atoms with Crippen LogP contribution >= 0.6 is 0 Å². The van der Waals surface area contributed by atoms with Gasteiger partial charge in [-0.05, 0) is 58.6 Å². The van der Waals surface area contributed by atoms with Crippen LogP contribution in [0.15, 0.2) is 24.3 Å². The van der Waals surface area contributed by atoms with Crippen LogP contribution < -0.4 is 4.74 Å². The highest BCUT2D eigenvalue weighted by atomic mass is 16.6. The lowest BCUT2D eigenvalue weighted by molar-refractivity contribution is 0.00252. The molecule has 2 atom stereocenters. The van der Waals surface area contributed by atoms with Crippen LogP contribution in [0.1, 0.15) is 56.8 Å². The van der Waals surface area contributed by atoms with Gasteiger partial charge in [0, 0.05) is 18.0 Å². The van der Waals surface area contributed by atoms with Crippen LogP contribution in [0, 0.1) is 5.92 Å². The zero-order valence-electron chi connectivity index (χ0n) is 15.5. The zero-order chi connectivity index (χ0) is 18.2. The zero-order valence-corrected chi connectivity index (χ0v) is 15.5. The van der Waals surface area contributed by atoms with Crippen LogP contribution in [0.3, 0.4) is 0 Å². The second-order valence-electron chi connectivity index (χ2n) is 8.01. The molecule has 5 nitrogen and oxygen atoms in total. The van der Waals surface area contributed by atoms with Crippen molar-refractivity contribution in [3.05, 3.63) is 29.8 Å². The van der Waals surface area contributed by atoms with Crippen molar-refractivity contribution in [2.45, 2.75) is 64.1 Å². The number of nitrogens with zero attached hydrogens (tertiary/aromatic N) is 1. The fourth-order valence-electron chi connectivity index (χ4n) is 4.07. The average molecular weight is 345 g/mol. The number of ketones is 1. The second kappa shape index (κ2) is 6.70. The minimum absolute atomic E-state index is 0.0625. The predicted octanol–water partition coefficient (Wildman–Crippen LogP) is 4.06. The molecule has 2 fully saturated rings. The maximum absolute atomic E-state index is 13.0. The molecule has 1 aromatic carbocycles. The predicted molar refractivity (Wildman–Crippen MR) is 94.9 cm³/mol. The quantitative estimate of drug-likeness (QED) is 0.775. The number of benzene rings is 1. The van der Waals surface area contributed by atoms with Gasteiger partial charge in [0.1, 0.15) is 11.4 Å². The summed E-state index contributed by atoms with van der Waals surface area (Å²) in [6, 6.07) is 7.56. The number of hydrogen-bond donors (Lipinski definition) is 0. The van der Waals surface area contributed by atoms with E-state index in [1.165, 1.54) is 0 Å². The number of methoxy groups -OCH3 is 1. The van der Waals surface area contributed by atoms with Crippen LogP contribution in [0.5, 0.6) is 5.75 Å². The van der Waals surface area contributed by atoms with Crippen molar-refractivity contribution in [3.63, 3.8) is 0 Å². The largest absolute Gasteiger partial charge is 0.496 e. The lowest BCUT2D eigenvalue weighted by Crippen LogP contribution is -2.49. The van der Waals surface area contributed by atoms with Gasteiger partial charge >= 0.3 is 6.09 Å². The maximum atomic E-state index is 13.0. The Hall–Kier alpha value is -2.04. The molecule has 25 heavy (non-hydrogen) atoms. The maximum Gasteiger partial charge on any atom is 0.410 e. The van der Waals surface area contributed by atoms with E-state index in [1.807, 2.05) is 49.9 Å². The van der Waals surface area contributed by atoms with Crippen LogP contribution in [0.2, 0.25) is 0 Å². The number of carbonyl (C=O) groups excluding carboxylic acids is 2. The number of Topliss-reactive ketones (excluding diaryl/α,β-unsaturated/α-hetero) is 1. The molecule has 136 valence electrons. The Morgan fingerprint density at radius 2 is 1.68 bits per heavy atom. The van der Waals surface area contributed by atoms with Gasteiger partial charge in [-0.2, -0.15) is 0 Å². The van der Waals surface area contributed by atoms with Crippen molar-refractivity contribution in [1.82, 2.24) is 4.90 Å². The Labute approximate surface area is 149 Å². The molecule has 2 heterocycles. The third kappa shape index (κ3) is 3.65. The summed E-state index contributed by atoms with van der Waals surface area (Å²) in [7, 11) is 1.58. The molecule has 2 unspecified atom stereocenters. The van der Waals surface area contributed by atoms with Crippen molar-refractivity contribution in [2.24, 2.45) is 5.92 Å². The number of hydrogen-bond acceptors (Lipinski definition) is 4. The summed E-state index contributed by atoms with van der Waals surface area (Å²) in [6.45, 7) is 5.64. The van der Waals surface area contributed by atoms with E-state index in [2.05, 4.69) is 0 Å². The van der Waals surface area contributed by atoms with Crippen LogP contribution in [0.4, 0.5) is 4.79 Å². The molecule has 2 saturated heterocycles. The van der Waals surface area contributed by atoms with Gasteiger partial charge in [0.2, 0.25) is 0 Å². The number of rotatable bonds is 3. The monoisotopic (exact) mass is 345 g/mol. The fraction of sp³-hybridized carbons (Fsp3) is 0.600. The van der Waals surface area contributed by atoms with Gasteiger partial charge in [0.25, 0.3) is 0 Å². The molecule has 3 rings (SSSR count). The molecule has 0 spiro atoms. The molecule has 0 aliphatic carbocycles. The van der Waals surface area contributed by atoms with Gasteiger partial charge in [-0.15, -0.1) is 0 Å². The molecular formula is C20H27NO4. The van der Waals surface area contributed by atoms with Gasteiger partial charge in [-0.25, -0.2) is 4.79 Å². The standard InChI is InChI=1S/C20H27NO4/c1-20(2,3)25-19(23)21-14-9-10-15(21)12-13(11-14)18(22)16-7-5-6-8-17(16)24-4/h5-8,13-15H,9-12H2,1-4H3. The normalized spacial score (nSPS) is 25.6. The summed E-state index contributed by atoms with van der Waals surface area (Å²) in [4.78, 5) is 27.4. The van der Waals surface area contributed by atoms with Gasteiger partial charge in [0.15, 0.2) is 5.78 Å². The first-order valence-electron chi connectivity index (χ1n) is 8.98. The molecule has 2 aliphatic heterocycles. The van der Waals surface area contributed by atoms with Crippen molar-refractivity contribution in [3.8, 4) is 5.75 Å². The molecule has 2 bridgehead atoms. The number of piperidine rings is 1. The van der Waals surface area contributed by atoms with E-state index < -0.39 is 5.60 Å². The smallest absolute Gasteiger partial charge is 0.410 e. The Kier molecular flexibility index (Phi) is 4.76. The van der Waals surface area contributed by atoms with Gasteiger partial charge in [-0.1, -0.05) is 12.1 Å². The third-order valence-electron chi connectivity index (χ3n) is 5.08. The lowest BCUT2D eigenvalue weighted by atomic mass is 9.84. The summed E-state index contributed by atoms with van der Waals surface area (Å²) >= 11 is 0. The Balaban J connectivity index is 1.73. The molecule has 2 aliphatic rings. The SMILES string of the molecule is COc1ccccc1C(=O)C1CC2CCC(C1)N2C(=O)OC(C)(C)C. The van der Waals surface area contributed by atoms with Crippen LogP contribution in [-0.2, 0) is 4.74 Å². The molecule has 1 aromatic rings. The Morgan fingerprint density at radius 3 is 2.24 bits per heavy atom. The minimum atomic E-state index is -0.499. The van der Waals surface area contributed by atoms with Crippen LogP contribution in [-0.4, -0.2) is 41.6 Å². The first kappa shape index (κ1) is 17.8. The number of ether oxygens (including phenoxy) is 2. The highest BCUT2D eigenvalue weighted by Gasteiger charge is 2.46. The average Bonchev–Trinajstić information content (AvgIpc) is 2.83. The van der Waals surface area contributed by atoms with E-state index in [-0.39, 0.29) is 29.9 Å². The molecule has 1 amide bonds. The third-order valence-corrected chi connectivity index (χ3v) is 5.08. The van der Waals surface area contributed by atoms with Gasteiger partial charge in [0.05, 0.1) is 12.7 Å². The summed E-state index contributed by atoms with van der Waals surface area (Å²) in [6.07, 6.45) is 3.04. The van der Waals surface area contributed by atoms with E-state index in [9.17, 15) is 9.59 Å². The van der Waals surface area contributed by atoms with Crippen molar-refractivity contribution < 1.29 is 19.1 Å². The van der Waals surface area contributed by atoms with E-state index in [1.54, 1.807) is 7.11 Å². The molecule has 0 N–H and O–H groups in total. The molecular weight excluding hydrogens is 318 g/mol. The lowest BCUT2D eigenvalue weighted by Gasteiger charge is -2.39. The molecule has 0 radical (unpaired) electrons. The van der Waals surface area contributed by atoms with E-state index in [0.29, 0.717) is 24.2 Å². The van der Waals surface area contributed by atoms with Crippen molar-refractivity contribution >= 4 is 11.9 Å². The number of fused-ring (bicyclic) bond motifs is 2. The van der Waals surface area contributed by atoms with E-state index >= 15 is 0 Å². The van der Waals surface area contributed by atoms with Gasteiger partial charge < -0.3 is 14.4 Å². The Bertz CT molecular complexity index is 650. The van der Waals surface area contributed by atoms with Crippen LogP contribution in [0.25, 0.3) is 0 Å². The first-order chi connectivity index (χ1) is 11.8. The van der Waals surface area contributed by atoms with Crippen molar-refractivity contribution in [1.29, 1.82) is 0 Å². The molecule has 5 heteroatoms. The second-order valence-corrected chi connectivity index (χ2v) is 8.01. The highest BCUT2D eigenvalue weighted by molar-refractivity contribution is 6.00.